The first-order valence-electron chi connectivity index (χ1n) is 9.56. The Bertz CT molecular complexity index is 676. The number of hydrogen-bond acceptors (Lipinski definition) is 4. The normalized spacial score (nSPS) is 15.7. The second-order valence-corrected chi connectivity index (χ2v) is 7.11. The molecule has 1 aliphatic rings. The highest BCUT2D eigenvalue weighted by atomic mass is 127. The molecule has 1 saturated heterocycles. The maximum Gasteiger partial charge on any atom is 0.409 e. The van der Waals surface area contributed by atoms with Gasteiger partial charge in [-0.05, 0) is 25.3 Å². The van der Waals surface area contributed by atoms with Crippen LogP contribution in [0.3, 0.4) is 0 Å². The highest BCUT2D eigenvalue weighted by Gasteiger charge is 2.24. The lowest BCUT2D eigenvalue weighted by atomic mass is 10.1. The van der Waals surface area contributed by atoms with Crippen molar-refractivity contribution in [3.05, 3.63) is 35.9 Å². The minimum absolute atomic E-state index is 0. The summed E-state index contributed by atoms with van der Waals surface area (Å²) < 4.78 is 4.78. The van der Waals surface area contributed by atoms with Gasteiger partial charge >= 0.3 is 6.09 Å². The van der Waals surface area contributed by atoms with Crippen LogP contribution < -0.4 is 10.6 Å². The topological polar surface area (TPSA) is 86.3 Å². The number of amides is 2. The molecular formula is C20H32IN5O3. The summed E-state index contributed by atoms with van der Waals surface area (Å²) in [4.78, 5) is 31.3. The summed E-state index contributed by atoms with van der Waals surface area (Å²) >= 11 is 0. The molecule has 1 aliphatic heterocycles. The lowest BCUT2D eigenvalue weighted by Gasteiger charge is -2.32. The molecule has 0 saturated carbocycles. The molecule has 0 radical (unpaired) electrons. The Morgan fingerprint density at radius 3 is 2.41 bits per heavy atom. The number of nitrogens with one attached hydrogen (secondary N) is 2. The molecule has 2 amide bonds. The molecule has 9 heteroatoms. The number of ether oxygens (including phenoxy) is 1. The largest absolute Gasteiger partial charge is 0.453 e. The van der Waals surface area contributed by atoms with Gasteiger partial charge in [-0.2, -0.15) is 0 Å². The van der Waals surface area contributed by atoms with Crippen LogP contribution >= 0.6 is 24.0 Å². The fourth-order valence-electron chi connectivity index (χ4n) is 2.98. The minimum Gasteiger partial charge on any atom is -0.453 e. The van der Waals surface area contributed by atoms with Gasteiger partial charge in [0, 0.05) is 33.2 Å². The van der Waals surface area contributed by atoms with Crippen LogP contribution in [0.5, 0.6) is 0 Å². The number of benzene rings is 1. The third-order valence-corrected chi connectivity index (χ3v) is 4.79. The van der Waals surface area contributed by atoms with Gasteiger partial charge in [0.05, 0.1) is 13.2 Å². The number of halogens is 1. The van der Waals surface area contributed by atoms with Crippen molar-refractivity contribution in [2.45, 2.75) is 31.8 Å². The van der Waals surface area contributed by atoms with Crippen molar-refractivity contribution in [1.29, 1.82) is 0 Å². The zero-order valence-electron chi connectivity index (χ0n) is 17.6. The number of carbonyl (C=O) groups is 2. The van der Waals surface area contributed by atoms with Crippen LogP contribution in [0.15, 0.2) is 35.3 Å². The quantitative estimate of drug-likeness (QED) is 0.356. The number of carbonyl (C=O) groups excluding carboxylic acids is 2. The Kier molecular flexibility index (Phi) is 10.8. The minimum atomic E-state index is -0.292. The van der Waals surface area contributed by atoms with Crippen LogP contribution in [0, 0.1) is 0 Å². The van der Waals surface area contributed by atoms with E-state index in [1.54, 1.807) is 19.0 Å². The van der Waals surface area contributed by atoms with Crippen molar-refractivity contribution < 1.29 is 14.3 Å². The van der Waals surface area contributed by atoms with Gasteiger partial charge in [0.25, 0.3) is 0 Å². The molecule has 0 bridgehead atoms. The molecule has 162 valence electrons. The van der Waals surface area contributed by atoms with Crippen LogP contribution in [-0.4, -0.2) is 74.6 Å². The van der Waals surface area contributed by atoms with E-state index in [9.17, 15) is 9.59 Å². The second-order valence-electron chi connectivity index (χ2n) is 7.11. The van der Waals surface area contributed by atoms with E-state index in [4.69, 9.17) is 4.74 Å². The predicted octanol–water partition coefficient (Wildman–Crippen LogP) is 2.22. The molecule has 1 unspecified atom stereocenters. The Morgan fingerprint density at radius 2 is 1.86 bits per heavy atom. The van der Waals surface area contributed by atoms with E-state index in [2.05, 4.69) is 34.7 Å². The van der Waals surface area contributed by atoms with E-state index in [0.29, 0.717) is 19.0 Å². The average Bonchev–Trinajstić information content (AvgIpc) is 2.72. The molecule has 1 atom stereocenters. The predicted molar refractivity (Wildman–Crippen MR) is 125 cm³/mol. The molecule has 0 aliphatic carbocycles. The van der Waals surface area contributed by atoms with Crippen molar-refractivity contribution in [3.63, 3.8) is 0 Å². The van der Waals surface area contributed by atoms with E-state index in [-0.39, 0.29) is 54.6 Å². The van der Waals surface area contributed by atoms with E-state index in [0.717, 1.165) is 18.4 Å². The van der Waals surface area contributed by atoms with Gasteiger partial charge in [0.1, 0.15) is 6.54 Å². The van der Waals surface area contributed by atoms with Crippen LogP contribution in [0.25, 0.3) is 0 Å². The fourth-order valence-corrected chi connectivity index (χ4v) is 2.98. The molecule has 29 heavy (non-hydrogen) atoms. The Morgan fingerprint density at radius 1 is 1.24 bits per heavy atom. The third-order valence-electron chi connectivity index (χ3n) is 4.79. The third kappa shape index (κ3) is 8.08. The van der Waals surface area contributed by atoms with Gasteiger partial charge in [-0.1, -0.05) is 30.3 Å². The molecule has 8 nitrogen and oxygen atoms in total. The van der Waals surface area contributed by atoms with Crippen LogP contribution in [0.4, 0.5) is 4.79 Å². The maximum absolute atomic E-state index is 12.0. The highest BCUT2D eigenvalue weighted by molar-refractivity contribution is 14.0. The number of piperidine rings is 1. The summed E-state index contributed by atoms with van der Waals surface area (Å²) in [6, 6.07) is 10.3. The summed E-state index contributed by atoms with van der Waals surface area (Å²) in [5.74, 6) is 0.539. The maximum atomic E-state index is 12.0. The first-order chi connectivity index (χ1) is 13.4. The molecule has 0 spiro atoms. The lowest BCUT2D eigenvalue weighted by molar-refractivity contribution is -0.127. The van der Waals surface area contributed by atoms with Crippen molar-refractivity contribution >= 4 is 41.9 Å². The number of likely N-dealkylation sites (tertiary alicyclic amines) is 1. The molecule has 2 N–H and O–H groups in total. The lowest BCUT2D eigenvalue weighted by Crippen LogP contribution is -2.50. The molecule has 1 heterocycles. The van der Waals surface area contributed by atoms with Crippen LogP contribution in [0.2, 0.25) is 0 Å². The summed E-state index contributed by atoms with van der Waals surface area (Å²) in [6.07, 6.45) is 1.29. The summed E-state index contributed by atoms with van der Waals surface area (Å²) in [5, 5.41) is 6.80. The summed E-state index contributed by atoms with van der Waals surface area (Å²) in [7, 11) is 4.83. The highest BCUT2D eigenvalue weighted by Crippen LogP contribution is 2.13. The van der Waals surface area contributed by atoms with Gasteiger partial charge < -0.3 is 25.2 Å². The first kappa shape index (κ1) is 25.0. The zero-order valence-corrected chi connectivity index (χ0v) is 19.9. The zero-order chi connectivity index (χ0) is 20.5. The number of nitrogens with zero attached hydrogens (tertiary/aromatic N) is 3. The van der Waals surface area contributed by atoms with Gasteiger partial charge in [-0.3, -0.25) is 4.79 Å². The van der Waals surface area contributed by atoms with Crippen LogP contribution in [-0.2, 0) is 9.53 Å². The molecular weight excluding hydrogens is 485 g/mol. The number of hydrogen-bond donors (Lipinski definition) is 2. The van der Waals surface area contributed by atoms with Gasteiger partial charge in [-0.25, -0.2) is 9.79 Å². The molecule has 1 fully saturated rings. The van der Waals surface area contributed by atoms with E-state index < -0.39 is 0 Å². The van der Waals surface area contributed by atoms with Crippen LogP contribution in [0.1, 0.15) is 31.4 Å². The van der Waals surface area contributed by atoms with Gasteiger partial charge in [0.2, 0.25) is 5.91 Å². The van der Waals surface area contributed by atoms with Gasteiger partial charge in [-0.15, -0.1) is 24.0 Å². The summed E-state index contributed by atoms with van der Waals surface area (Å²) in [6.45, 7) is 3.38. The Hall–Kier alpha value is -2.04. The van der Waals surface area contributed by atoms with Crippen molar-refractivity contribution in [1.82, 2.24) is 20.4 Å². The number of methoxy groups -OCH3 is 1. The smallest absolute Gasteiger partial charge is 0.409 e. The molecule has 1 aromatic carbocycles. The standard InChI is InChI=1S/C20H31N5O3.HI/c1-15(16-8-6-5-7-9-16)22-19(21-14-18(26)24(2)3)23-17-10-12-25(13-11-17)20(27)28-4;/h5-9,15,17H,10-14H2,1-4H3,(H2,21,22,23);1H. The first-order valence-corrected chi connectivity index (χ1v) is 9.56. The number of aliphatic imine (C=N–C) groups is 1. The molecule has 2 rings (SSSR count). The molecule has 1 aromatic rings. The van der Waals surface area contributed by atoms with Crippen molar-refractivity contribution in [3.8, 4) is 0 Å². The Balaban J connectivity index is 0.00000420. The Labute approximate surface area is 190 Å². The number of rotatable bonds is 5. The number of guanidine groups is 1. The van der Waals surface area contributed by atoms with Gasteiger partial charge in [0.15, 0.2) is 5.96 Å². The van der Waals surface area contributed by atoms with E-state index in [1.165, 1.54) is 12.0 Å². The van der Waals surface area contributed by atoms with E-state index in [1.807, 2.05) is 18.2 Å². The monoisotopic (exact) mass is 517 g/mol. The number of likely N-dealkylation sites (N-methyl/N-ethyl adjacent to an activating group) is 1. The van der Waals surface area contributed by atoms with Crippen molar-refractivity contribution in [2.24, 2.45) is 4.99 Å². The molecule has 0 aromatic heterocycles. The van der Waals surface area contributed by atoms with Crippen molar-refractivity contribution in [2.75, 3.05) is 40.8 Å². The second kappa shape index (κ2) is 12.5. The van der Waals surface area contributed by atoms with E-state index >= 15 is 0 Å². The average molecular weight is 517 g/mol. The fraction of sp³-hybridized carbons (Fsp3) is 0.550. The summed E-state index contributed by atoms with van der Waals surface area (Å²) in [5.41, 5.74) is 1.14. The SMILES string of the molecule is COC(=O)N1CCC(NC(=NCC(=O)N(C)C)NC(C)c2ccccc2)CC1.I.